The number of aromatic amines is 1. The molecule has 0 amide bonds. The van der Waals surface area contributed by atoms with Crippen molar-refractivity contribution in [3.8, 4) is 5.88 Å². The van der Waals surface area contributed by atoms with E-state index in [9.17, 15) is 9.59 Å². The highest BCUT2D eigenvalue weighted by Crippen LogP contribution is 2.35. The predicted octanol–water partition coefficient (Wildman–Crippen LogP) is 0.927. The Hall–Kier alpha value is -1.72. The average molecular weight is 252 g/mol. The highest BCUT2D eigenvalue weighted by atomic mass is 16.5. The number of carboxylic acids is 1. The molecule has 98 valence electrons. The lowest BCUT2D eigenvalue weighted by Gasteiger charge is -2.27. The Kier molecular flexibility index (Phi) is 2.65. The molecule has 0 bridgehead atoms. The quantitative estimate of drug-likeness (QED) is 0.820. The van der Waals surface area contributed by atoms with E-state index in [2.05, 4.69) is 4.98 Å². The van der Waals surface area contributed by atoms with Crippen LogP contribution in [0.4, 0.5) is 0 Å². The van der Waals surface area contributed by atoms with Crippen molar-refractivity contribution < 1.29 is 14.6 Å². The molecule has 0 aromatic carbocycles. The van der Waals surface area contributed by atoms with Gasteiger partial charge in [0.25, 0.3) is 0 Å². The number of aliphatic carboxylic acids is 1. The second-order valence-electron chi connectivity index (χ2n) is 5.03. The Morgan fingerprint density at radius 3 is 2.72 bits per heavy atom. The van der Waals surface area contributed by atoms with E-state index in [0.29, 0.717) is 25.3 Å². The van der Waals surface area contributed by atoms with E-state index in [1.54, 1.807) is 4.57 Å². The molecule has 1 saturated carbocycles. The number of ether oxygens (including phenoxy) is 1. The summed E-state index contributed by atoms with van der Waals surface area (Å²) >= 11 is 0. The molecule has 1 fully saturated rings. The highest BCUT2D eigenvalue weighted by molar-refractivity contribution is 5.70. The fourth-order valence-corrected chi connectivity index (χ4v) is 2.97. The smallest absolute Gasteiger partial charge is 0.328 e. The number of hydrogen-bond donors (Lipinski definition) is 2. The van der Waals surface area contributed by atoms with Gasteiger partial charge < -0.3 is 14.8 Å². The van der Waals surface area contributed by atoms with Gasteiger partial charge in [-0.05, 0) is 25.7 Å². The fourth-order valence-electron chi connectivity index (χ4n) is 2.97. The third-order valence-electron chi connectivity index (χ3n) is 3.96. The Morgan fingerprint density at radius 2 is 2.06 bits per heavy atom. The molecule has 3 rings (SSSR count). The van der Waals surface area contributed by atoms with Crippen LogP contribution in [0.15, 0.2) is 4.79 Å². The van der Waals surface area contributed by atoms with Crippen molar-refractivity contribution in [3.63, 3.8) is 0 Å². The van der Waals surface area contributed by atoms with Gasteiger partial charge in [0.05, 0.1) is 18.2 Å². The van der Waals surface area contributed by atoms with Crippen molar-refractivity contribution in [3.05, 3.63) is 16.2 Å². The predicted molar refractivity (Wildman–Crippen MR) is 62.9 cm³/mol. The van der Waals surface area contributed by atoms with E-state index in [1.807, 2.05) is 0 Å². The molecular weight excluding hydrogens is 236 g/mol. The molecule has 0 atom stereocenters. The van der Waals surface area contributed by atoms with Gasteiger partial charge in [0.15, 0.2) is 0 Å². The summed E-state index contributed by atoms with van der Waals surface area (Å²) in [6, 6.07) is 0.0752. The standard InChI is InChI=1S/C12H16N2O4/c15-11(16)7-1-3-8(4-2-7)14-10-9(5-6-18-10)13-12(14)17/h7-8H,1-6H2,(H,13,17)(H,15,16). The minimum atomic E-state index is -0.726. The van der Waals surface area contributed by atoms with Gasteiger partial charge in [0.2, 0.25) is 5.88 Å². The molecule has 0 saturated heterocycles. The number of rotatable bonds is 2. The number of carbonyl (C=O) groups is 1. The Labute approximate surface area is 104 Å². The first-order chi connectivity index (χ1) is 8.66. The summed E-state index contributed by atoms with van der Waals surface area (Å²) < 4.78 is 7.17. The van der Waals surface area contributed by atoms with Crippen molar-refractivity contribution in [2.24, 2.45) is 5.92 Å². The first-order valence-corrected chi connectivity index (χ1v) is 6.36. The van der Waals surface area contributed by atoms with E-state index in [-0.39, 0.29) is 17.6 Å². The summed E-state index contributed by atoms with van der Waals surface area (Å²) in [7, 11) is 0. The number of fused-ring (bicyclic) bond motifs is 1. The zero-order chi connectivity index (χ0) is 12.7. The van der Waals surface area contributed by atoms with Crippen molar-refractivity contribution in [2.45, 2.75) is 38.1 Å². The normalized spacial score (nSPS) is 26.7. The van der Waals surface area contributed by atoms with Crippen molar-refractivity contribution in [2.75, 3.05) is 6.61 Å². The van der Waals surface area contributed by atoms with Crippen LogP contribution >= 0.6 is 0 Å². The van der Waals surface area contributed by atoms with Crippen LogP contribution in [0.5, 0.6) is 5.88 Å². The molecule has 0 radical (unpaired) electrons. The van der Waals surface area contributed by atoms with Gasteiger partial charge >= 0.3 is 11.7 Å². The largest absolute Gasteiger partial charge is 0.481 e. The molecule has 0 unspecified atom stereocenters. The zero-order valence-corrected chi connectivity index (χ0v) is 10.0. The van der Waals surface area contributed by atoms with E-state index >= 15 is 0 Å². The third-order valence-corrected chi connectivity index (χ3v) is 3.96. The van der Waals surface area contributed by atoms with Crippen LogP contribution in [-0.2, 0) is 11.2 Å². The zero-order valence-electron chi connectivity index (χ0n) is 10.0. The maximum atomic E-state index is 11.9. The van der Waals surface area contributed by atoms with E-state index in [4.69, 9.17) is 9.84 Å². The summed E-state index contributed by atoms with van der Waals surface area (Å²) in [5, 5.41) is 8.97. The molecule has 6 nitrogen and oxygen atoms in total. The Morgan fingerprint density at radius 1 is 1.33 bits per heavy atom. The van der Waals surface area contributed by atoms with Gasteiger partial charge in [-0.15, -0.1) is 0 Å². The first-order valence-electron chi connectivity index (χ1n) is 6.36. The van der Waals surface area contributed by atoms with Gasteiger partial charge in [0.1, 0.15) is 0 Å². The number of H-pyrrole nitrogens is 1. The van der Waals surface area contributed by atoms with Gasteiger partial charge in [-0.1, -0.05) is 0 Å². The average Bonchev–Trinajstić information content (AvgIpc) is 2.89. The number of hydrogen-bond acceptors (Lipinski definition) is 3. The number of imidazole rings is 1. The van der Waals surface area contributed by atoms with Gasteiger partial charge in [-0.2, -0.15) is 0 Å². The molecule has 1 aliphatic heterocycles. The van der Waals surface area contributed by atoms with Crippen LogP contribution < -0.4 is 10.4 Å². The fraction of sp³-hybridized carbons (Fsp3) is 0.667. The van der Waals surface area contributed by atoms with E-state index in [0.717, 1.165) is 25.0 Å². The number of carboxylic acid groups (broad SMARTS) is 1. The second kappa shape index (κ2) is 4.19. The van der Waals surface area contributed by atoms with Crippen molar-refractivity contribution in [1.82, 2.24) is 9.55 Å². The molecule has 18 heavy (non-hydrogen) atoms. The van der Waals surface area contributed by atoms with Crippen LogP contribution in [-0.4, -0.2) is 27.2 Å². The molecule has 2 N–H and O–H groups in total. The second-order valence-corrected chi connectivity index (χ2v) is 5.03. The summed E-state index contributed by atoms with van der Waals surface area (Å²) in [5.74, 6) is -0.319. The van der Waals surface area contributed by atoms with Crippen molar-refractivity contribution in [1.29, 1.82) is 0 Å². The SMILES string of the molecule is O=C(O)C1CCC(n2c3c([nH]c2=O)CCO3)CC1. The molecule has 0 spiro atoms. The summed E-state index contributed by atoms with van der Waals surface area (Å²) in [6.45, 7) is 0.617. The number of nitrogens with zero attached hydrogens (tertiary/aromatic N) is 1. The van der Waals surface area contributed by atoms with Crippen LogP contribution in [0.1, 0.15) is 37.4 Å². The Bertz CT molecular complexity index is 523. The first kappa shape index (κ1) is 11.4. The third kappa shape index (κ3) is 1.72. The molecule has 2 heterocycles. The molecule has 2 aliphatic rings. The van der Waals surface area contributed by atoms with Gasteiger partial charge in [-0.25, -0.2) is 4.79 Å². The number of nitrogens with one attached hydrogen (secondary N) is 1. The van der Waals surface area contributed by atoms with Crippen LogP contribution in [0.2, 0.25) is 0 Å². The lowest BCUT2D eigenvalue weighted by Crippen LogP contribution is -2.29. The van der Waals surface area contributed by atoms with E-state index in [1.165, 1.54) is 0 Å². The van der Waals surface area contributed by atoms with Gasteiger partial charge in [0, 0.05) is 12.5 Å². The monoisotopic (exact) mass is 252 g/mol. The molecule has 1 aromatic heterocycles. The number of aromatic nitrogens is 2. The summed E-state index contributed by atoms with van der Waals surface area (Å²) in [4.78, 5) is 25.6. The minimum Gasteiger partial charge on any atom is -0.481 e. The lowest BCUT2D eigenvalue weighted by molar-refractivity contribution is -0.143. The molecule has 1 aromatic rings. The van der Waals surface area contributed by atoms with Crippen molar-refractivity contribution >= 4 is 5.97 Å². The maximum absolute atomic E-state index is 11.9. The molecule has 1 aliphatic carbocycles. The van der Waals surface area contributed by atoms with E-state index < -0.39 is 5.97 Å². The van der Waals surface area contributed by atoms with Crippen LogP contribution in [0, 0.1) is 5.92 Å². The molecular formula is C12H16N2O4. The lowest BCUT2D eigenvalue weighted by atomic mass is 9.86. The minimum absolute atomic E-state index is 0.0752. The van der Waals surface area contributed by atoms with Crippen LogP contribution in [0.3, 0.4) is 0 Å². The summed E-state index contributed by atoms with van der Waals surface area (Å²) in [5.41, 5.74) is 0.749. The Balaban J connectivity index is 1.81. The van der Waals surface area contributed by atoms with Gasteiger partial charge in [-0.3, -0.25) is 9.36 Å². The summed E-state index contributed by atoms with van der Waals surface area (Å²) in [6.07, 6.45) is 3.47. The maximum Gasteiger partial charge on any atom is 0.328 e. The molecule has 6 heteroatoms. The topological polar surface area (TPSA) is 84.3 Å². The van der Waals surface area contributed by atoms with Crippen LogP contribution in [0.25, 0.3) is 0 Å². The highest BCUT2D eigenvalue weighted by Gasteiger charge is 2.31.